The first-order valence-corrected chi connectivity index (χ1v) is 8.18. The van der Waals surface area contributed by atoms with E-state index in [-0.39, 0.29) is 17.1 Å². The summed E-state index contributed by atoms with van der Waals surface area (Å²) in [6.07, 6.45) is 0. The molecule has 8 heteroatoms. The van der Waals surface area contributed by atoms with Crippen LogP contribution in [-0.4, -0.2) is 48.1 Å². The monoisotopic (exact) mass is 413 g/mol. The molecule has 2 N–H and O–H groups in total. The summed E-state index contributed by atoms with van der Waals surface area (Å²) in [7, 11) is -2.52. The molecule has 0 aliphatic carbocycles. The average molecular weight is 413 g/mol. The van der Waals surface area contributed by atoms with Gasteiger partial charge in [0.25, 0.3) is 0 Å². The standard InChI is InChI=1S/C12H16INO5S/c1-12(2,7-15)14(3)20(18,19)8-4-5-10(13)9(6-8)11(16)17/h4-6,15H,7H2,1-3H3,(H,16,17). The van der Waals surface area contributed by atoms with E-state index in [0.29, 0.717) is 3.57 Å². The van der Waals surface area contributed by atoms with Gasteiger partial charge in [0.1, 0.15) is 0 Å². The van der Waals surface area contributed by atoms with Gasteiger partial charge in [0.05, 0.1) is 22.6 Å². The summed E-state index contributed by atoms with van der Waals surface area (Å²) in [6, 6.07) is 3.92. The van der Waals surface area contributed by atoms with Crippen LogP contribution in [0.15, 0.2) is 23.1 Å². The molecule has 20 heavy (non-hydrogen) atoms. The number of hydrogen-bond acceptors (Lipinski definition) is 4. The number of aromatic carboxylic acids is 1. The molecule has 0 radical (unpaired) electrons. The zero-order valence-electron chi connectivity index (χ0n) is 11.3. The second-order valence-corrected chi connectivity index (χ2v) is 8.02. The number of nitrogens with zero attached hydrogens (tertiary/aromatic N) is 1. The average Bonchev–Trinajstić information content (AvgIpc) is 2.37. The Morgan fingerprint density at radius 2 is 1.95 bits per heavy atom. The van der Waals surface area contributed by atoms with Crippen molar-refractivity contribution < 1.29 is 23.4 Å². The van der Waals surface area contributed by atoms with Crippen LogP contribution in [0.5, 0.6) is 0 Å². The first-order chi connectivity index (χ1) is 9.04. The van der Waals surface area contributed by atoms with Crippen LogP contribution in [-0.2, 0) is 10.0 Å². The third-order valence-corrected chi connectivity index (χ3v) is 6.07. The summed E-state index contributed by atoms with van der Waals surface area (Å²) in [5.74, 6) is -1.18. The van der Waals surface area contributed by atoms with Gasteiger partial charge in [-0.15, -0.1) is 0 Å². The Kier molecular flexibility index (Phi) is 5.17. The Hall–Kier alpha value is -0.710. The van der Waals surface area contributed by atoms with Crippen LogP contribution in [0.2, 0.25) is 0 Å². The summed E-state index contributed by atoms with van der Waals surface area (Å²) >= 11 is 1.83. The third-order valence-electron chi connectivity index (χ3n) is 3.07. The lowest BCUT2D eigenvalue weighted by Gasteiger charge is -2.32. The number of carbonyl (C=O) groups is 1. The van der Waals surface area contributed by atoms with Crippen molar-refractivity contribution in [2.45, 2.75) is 24.3 Å². The maximum absolute atomic E-state index is 12.4. The van der Waals surface area contributed by atoms with E-state index in [1.165, 1.54) is 19.2 Å². The minimum Gasteiger partial charge on any atom is -0.478 e. The molecule has 6 nitrogen and oxygen atoms in total. The van der Waals surface area contributed by atoms with Crippen molar-refractivity contribution >= 4 is 38.6 Å². The van der Waals surface area contributed by atoms with E-state index in [0.717, 1.165) is 10.4 Å². The highest BCUT2D eigenvalue weighted by Gasteiger charge is 2.34. The van der Waals surface area contributed by atoms with Gasteiger partial charge >= 0.3 is 5.97 Å². The lowest BCUT2D eigenvalue weighted by Crippen LogP contribution is -2.47. The van der Waals surface area contributed by atoms with Gasteiger partial charge in [-0.2, -0.15) is 4.31 Å². The highest BCUT2D eigenvalue weighted by molar-refractivity contribution is 14.1. The van der Waals surface area contributed by atoms with Crippen molar-refractivity contribution in [1.29, 1.82) is 0 Å². The molecule has 112 valence electrons. The van der Waals surface area contributed by atoms with Gasteiger partial charge in [-0.3, -0.25) is 0 Å². The largest absolute Gasteiger partial charge is 0.478 e. The lowest BCUT2D eigenvalue weighted by atomic mass is 10.1. The zero-order valence-corrected chi connectivity index (χ0v) is 14.3. The van der Waals surface area contributed by atoms with Crippen LogP contribution >= 0.6 is 22.6 Å². The van der Waals surface area contributed by atoms with Gasteiger partial charge in [-0.05, 0) is 54.6 Å². The Balaban J connectivity index is 3.37. The van der Waals surface area contributed by atoms with Crippen molar-refractivity contribution in [3.63, 3.8) is 0 Å². The smallest absolute Gasteiger partial charge is 0.336 e. The van der Waals surface area contributed by atoms with Crippen molar-refractivity contribution in [2.75, 3.05) is 13.7 Å². The number of hydrogen-bond donors (Lipinski definition) is 2. The van der Waals surface area contributed by atoms with Crippen LogP contribution in [0.3, 0.4) is 0 Å². The minimum atomic E-state index is -3.87. The van der Waals surface area contributed by atoms with E-state index in [2.05, 4.69) is 0 Å². The van der Waals surface area contributed by atoms with Crippen LogP contribution in [0.25, 0.3) is 0 Å². The molecule has 1 rings (SSSR count). The summed E-state index contributed by atoms with van der Waals surface area (Å²) < 4.78 is 26.4. The predicted octanol–water partition coefficient (Wildman–Crippen LogP) is 1.38. The lowest BCUT2D eigenvalue weighted by molar-refractivity contribution is 0.0695. The van der Waals surface area contributed by atoms with E-state index in [1.54, 1.807) is 13.8 Å². The normalized spacial score (nSPS) is 12.7. The number of rotatable bonds is 5. The molecule has 0 unspecified atom stereocenters. The number of halogens is 1. The first kappa shape index (κ1) is 17.3. The number of likely N-dealkylation sites (N-methyl/N-ethyl adjacent to an activating group) is 1. The summed E-state index contributed by atoms with van der Waals surface area (Å²) in [4.78, 5) is 11.0. The molecule has 1 aromatic rings. The number of sulfonamides is 1. The van der Waals surface area contributed by atoms with Gasteiger partial charge in [0, 0.05) is 10.6 Å². The Morgan fingerprint density at radius 3 is 2.40 bits per heavy atom. The fourth-order valence-corrected chi connectivity index (χ4v) is 3.51. The molecule has 0 aliphatic heterocycles. The molecule has 0 bridgehead atoms. The van der Waals surface area contributed by atoms with E-state index in [9.17, 15) is 18.3 Å². The second-order valence-electron chi connectivity index (χ2n) is 4.89. The quantitative estimate of drug-likeness (QED) is 0.712. The topological polar surface area (TPSA) is 94.9 Å². The SMILES string of the molecule is CN(C(C)(C)CO)S(=O)(=O)c1ccc(I)c(C(=O)O)c1. The Bertz CT molecular complexity index is 627. The van der Waals surface area contributed by atoms with Crippen molar-refractivity contribution in [3.05, 3.63) is 27.3 Å². The van der Waals surface area contributed by atoms with Gasteiger partial charge in [-0.1, -0.05) is 0 Å². The van der Waals surface area contributed by atoms with Crippen LogP contribution < -0.4 is 0 Å². The van der Waals surface area contributed by atoms with Crippen molar-refractivity contribution in [2.24, 2.45) is 0 Å². The van der Waals surface area contributed by atoms with Crippen molar-refractivity contribution in [1.82, 2.24) is 4.31 Å². The fourth-order valence-electron chi connectivity index (χ4n) is 1.41. The molecule has 0 aromatic heterocycles. The maximum atomic E-state index is 12.4. The highest BCUT2D eigenvalue weighted by atomic mass is 127. The highest BCUT2D eigenvalue weighted by Crippen LogP contribution is 2.25. The van der Waals surface area contributed by atoms with E-state index in [1.807, 2.05) is 22.6 Å². The Morgan fingerprint density at radius 1 is 1.40 bits per heavy atom. The van der Waals surface area contributed by atoms with Crippen molar-refractivity contribution in [3.8, 4) is 0 Å². The summed E-state index contributed by atoms with van der Waals surface area (Å²) in [5.41, 5.74) is -1.05. The first-order valence-electron chi connectivity index (χ1n) is 5.67. The molecule has 0 amide bonds. The zero-order chi connectivity index (χ0) is 15.7. The molecule has 0 atom stereocenters. The molecule has 0 spiro atoms. The number of aliphatic hydroxyl groups excluding tert-OH is 1. The minimum absolute atomic E-state index is 0.0677. The number of benzene rings is 1. The molecular weight excluding hydrogens is 397 g/mol. The Labute approximate surface area is 131 Å². The molecule has 0 heterocycles. The second kappa shape index (κ2) is 5.96. The van der Waals surface area contributed by atoms with E-state index < -0.39 is 21.5 Å². The van der Waals surface area contributed by atoms with Gasteiger partial charge in [0.15, 0.2) is 0 Å². The van der Waals surface area contributed by atoms with E-state index >= 15 is 0 Å². The number of carboxylic acids is 1. The molecule has 0 fully saturated rings. The molecule has 1 aromatic carbocycles. The molecular formula is C12H16INO5S. The third kappa shape index (κ3) is 3.30. The van der Waals surface area contributed by atoms with Crippen LogP contribution in [0.1, 0.15) is 24.2 Å². The number of carboxylic acid groups (broad SMARTS) is 1. The molecule has 0 saturated carbocycles. The summed E-state index contributed by atoms with van der Waals surface area (Å²) in [5, 5.41) is 18.3. The van der Waals surface area contributed by atoms with Gasteiger partial charge < -0.3 is 10.2 Å². The fraction of sp³-hybridized carbons (Fsp3) is 0.417. The van der Waals surface area contributed by atoms with E-state index in [4.69, 9.17) is 5.11 Å². The summed E-state index contributed by atoms with van der Waals surface area (Å²) in [6.45, 7) is 2.81. The van der Waals surface area contributed by atoms with Crippen LogP contribution in [0.4, 0.5) is 0 Å². The molecule has 0 saturated heterocycles. The van der Waals surface area contributed by atoms with Gasteiger partial charge in [-0.25, -0.2) is 13.2 Å². The van der Waals surface area contributed by atoms with Crippen LogP contribution in [0, 0.1) is 3.57 Å². The number of aliphatic hydroxyl groups is 1. The molecule has 0 aliphatic rings. The predicted molar refractivity (Wildman–Crippen MR) is 82.2 cm³/mol. The van der Waals surface area contributed by atoms with Gasteiger partial charge in [0.2, 0.25) is 10.0 Å². The maximum Gasteiger partial charge on any atom is 0.336 e.